The zero-order valence-corrected chi connectivity index (χ0v) is 17.3. The Hall–Kier alpha value is 0.580. The van der Waals surface area contributed by atoms with E-state index in [2.05, 4.69) is 50.3 Å². The average Bonchev–Trinajstić information content (AvgIpc) is 2.43. The predicted octanol–water partition coefficient (Wildman–Crippen LogP) is 5.29. The van der Waals surface area contributed by atoms with Gasteiger partial charge in [0.05, 0.1) is 16.3 Å². The maximum Gasteiger partial charge on any atom is 0.260 e. The summed E-state index contributed by atoms with van der Waals surface area (Å²) in [6.45, 7) is 8.76. The molecular formula is C16H27ClINOS. The number of likely N-dealkylation sites (N-methyl/N-ethyl adjacent to an activating group) is 1. The van der Waals surface area contributed by atoms with Crippen LogP contribution in [0.15, 0.2) is 8.99 Å². The zero-order chi connectivity index (χ0) is 16.2. The number of carbonyl (C=O) groups is 1. The summed E-state index contributed by atoms with van der Waals surface area (Å²) in [4.78, 5) is 15.5. The maximum absolute atomic E-state index is 12.8. The van der Waals surface area contributed by atoms with Gasteiger partial charge in [-0.05, 0) is 28.8 Å². The highest BCUT2D eigenvalue weighted by atomic mass is 127. The summed E-state index contributed by atoms with van der Waals surface area (Å²) in [6.07, 6.45) is 3.33. The van der Waals surface area contributed by atoms with Crippen LogP contribution in [0, 0.1) is 11.8 Å². The second-order valence-electron chi connectivity index (χ2n) is 6.37. The van der Waals surface area contributed by atoms with Crippen LogP contribution < -0.4 is 0 Å². The molecule has 21 heavy (non-hydrogen) atoms. The van der Waals surface area contributed by atoms with E-state index in [1.54, 1.807) is 11.8 Å². The summed E-state index contributed by atoms with van der Waals surface area (Å²) >= 11 is 10.3. The minimum atomic E-state index is 0.0747. The van der Waals surface area contributed by atoms with Crippen LogP contribution in [-0.2, 0) is 4.79 Å². The molecule has 4 unspecified atom stereocenters. The molecule has 5 heteroatoms. The Morgan fingerprint density at radius 2 is 2.00 bits per heavy atom. The molecule has 1 saturated carbocycles. The molecule has 0 heterocycles. The van der Waals surface area contributed by atoms with Crippen molar-refractivity contribution in [2.75, 3.05) is 7.05 Å². The van der Waals surface area contributed by atoms with E-state index in [0.717, 1.165) is 17.7 Å². The number of thioether (sulfide) groups is 1. The van der Waals surface area contributed by atoms with Gasteiger partial charge < -0.3 is 4.90 Å². The number of hydrogen-bond acceptors (Lipinski definition) is 2. The van der Waals surface area contributed by atoms with Crippen LogP contribution in [0.2, 0.25) is 0 Å². The predicted molar refractivity (Wildman–Crippen MR) is 103 cm³/mol. The summed E-state index contributed by atoms with van der Waals surface area (Å²) in [5, 5.41) is 0.504. The number of halogens is 2. The first-order chi connectivity index (χ1) is 9.79. The van der Waals surface area contributed by atoms with Crippen LogP contribution in [-0.4, -0.2) is 34.5 Å². The smallest absolute Gasteiger partial charge is 0.260 e. The van der Waals surface area contributed by atoms with Crippen LogP contribution in [0.1, 0.15) is 47.0 Å². The Morgan fingerprint density at radius 3 is 2.48 bits per heavy atom. The van der Waals surface area contributed by atoms with E-state index >= 15 is 0 Å². The molecule has 122 valence electrons. The fraction of sp³-hybridized carbons (Fsp3) is 0.812. The van der Waals surface area contributed by atoms with Crippen molar-refractivity contribution in [2.45, 2.75) is 63.6 Å². The van der Waals surface area contributed by atoms with Crippen LogP contribution >= 0.6 is 46.0 Å². The lowest BCUT2D eigenvalue weighted by Gasteiger charge is -2.40. The maximum atomic E-state index is 12.8. The largest absolute Gasteiger partial charge is 0.337 e. The third kappa shape index (κ3) is 5.31. The first kappa shape index (κ1) is 19.6. The van der Waals surface area contributed by atoms with Gasteiger partial charge in [0.1, 0.15) is 0 Å². The highest BCUT2D eigenvalue weighted by Crippen LogP contribution is 2.34. The van der Waals surface area contributed by atoms with Crippen LogP contribution in [0.25, 0.3) is 0 Å². The summed E-state index contributed by atoms with van der Waals surface area (Å²) in [5.41, 5.74) is 0. The molecule has 4 atom stereocenters. The molecule has 1 aliphatic rings. The first-order valence-electron chi connectivity index (χ1n) is 7.67. The van der Waals surface area contributed by atoms with Gasteiger partial charge in [0.2, 0.25) is 0 Å². The Labute approximate surface area is 152 Å². The first-order valence-corrected chi connectivity index (χ1v) is 10.2. The molecule has 0 aromatic carbocycles. The number of nitrogens with zero attached hydrogens (tertiary/aromatic N) is 1. The minimum Gasteiger partial charge on any atom is -0.337 e. The van der Waals surface area contributed by atoms with Gasteiger partial charge in [-0.3, -0.25) is 4.79 Å². The molecule has 1 fully saturated rings. The van der Waals surface area contributed by atoms with Crippen molar-refractivity contribution in [1.82, 2.24) is 4.90 Å². The number of amides is 1. The third-order valence-electron chi connectivity index (χ3n) is 4.42. The Balaban J connectivity index is 2.79. The van der Waals surface area contributed by atoms with E-state index < -0.39 is 0 Å². The zero-order valence-electron chi connectivity index (χ0n) is 13.6. The van der Waals surface area contributed by atoms with Gasteiger partial charge in [0.15, 0.2) is 0 Å². The Bertz CT molecular complexity index is 378. The van der Waals surface area contributed by atoms with Gasteiger partial charge >= 0.3 is 0 Å². The molecule has 0 aromatic rings. The SMILES string of the molecule is CC(C)C(C)S/C(=C\I)C(=O)N(C)C1C(C)CCCC1Cl. The molecule has 0 spiro atoms. The molecule has 1 amide bonds. The van der Waals surface area contributed by atoms with E-state index in [-0.39, 0.29) is 17.3 Å². The molecule has 0 aliphatic heterocycles. The van der Waals surface area contributed by atoms with Crippen molar-refractivity contribution in [3.05, 3.63) is 8.99 Å². The van der Waals surface area contributed by atoms with Crippen molar-refractivity contribution in [3.8, 4) is 0 Å². The van der Waals surface area contributed by atoms with Gasteiger partial charge in [-0.25, -0.2) is 0 Å². The minimum absolute atomic E-state index is 0.0747. The van der Waals surface area contributed by atoms with Crippen molar-refractivity contribution >= 4 is 51.9 Å². The van der Waals surface area contributed by atoms with Crippen LogP contribution in [0.3, 0.4) is 0 Å². The third-order valence-corrected chi connectivity index (χ3v) is 7.41. The number of carbonyl (C=O) groups excluding carboxylic acids is 1. The Morgan fingerprint density at radius 1 is 1.38 bits per heavy atom. The number of hydrogen-bond donors (Lipinski definition) is 0. The highest BCUT2D eigenvalue weighted by molar-refractivity contribution is 14.1. The number of rotatable bonds is 5. The summed E-state index contributed by atoms with van der Waals surface area (Å²) in [5.74, 6) is 1.14. The normalized spacial score (nSPS) is 28.6. The van der Waals surface area contributed by atoms with Crippen molar-refractivity contribution in [1.29, 1.82) is 0 Å². The molecule has 2 nitrogen and oxygen atoms in total. The molecule has 1 rings (SSSR count). The van der Waals surface area contributed by atoms with E-state index in [9.17, 15) is 4.79 Å². The van der Waals surface area contributed by atoms with E-state index in [0.29, 0.717) is 17.1 Å². The van der Waals surface area contributed by atoms with Gasteiger partial charge in [-0.2, -0.15) is 0 Å². The molecule has 0 N–H and O–H groups in total. The average molecular weight is 444 g/mol. The second-order valence-corrected chi connectivity index (χ2v) is 8.97. The fourth-order valence-corrected chi connectivity index (χ4v) is 4.97. The summed E-state index contributed by atoms with van der Waals surface area (Å²) in [7, 11) is 1.91. The molecule has 0 aromatic heterocycles. The van der Waals surface area contributed by atoms with Gasteiger partial charge in [-0.15, -0.1) is 23.4 Å². The lowest BCUT2D eigenvalue weighted by Crippen LogP contribution is -2.48. The van der Waals surface area contributed by atoms with Crippen molar-refractivity contribution in [3.63, 3.8) is 0 Å². The van der Waals surface area contributed by atoms with Gasteiger partial charge in [0.25, 0.3) is 5.91 Å². The summed E-state index contributed by atoms with van der Waals surface area (Å²) in [6, 6.07) is 0.147. The molecule has 0 saturated heterocycles. The van der Waals surface area contributed by atoms with Gasteiger partial charge in [-0.1, -0.05) is 56.7 Å². The lowest BCUT2D eigenvalue weighted by atomic mass is 9.84. The van der Waals surface area contributed by atoms with Gasteiger partial charge in [0, 0.05) is 12.3 Å². The highest BCUT2D eigenvalue weighted by Gasteiger charge is 2.35. The monoisotopic (exact) mass is 443 g/mol. The fourth-order valence-electron chi connectivity index (χ4n) is 2.73. The molecule has 1 aliphatic carbocycles. The second kappa shape index (κ2) is 9.02. The van der Waals surface area contributed by atoms with Crippen molar-refractivity contribution in [2.24, 2.45) is 11.8 Å². The van der Waals surface area contributed by atoms with Crippen LogP contribution in [0.4, 0.5) is 0 Å². The standard InChI is InChI=1S/C16H27ClINOS/c1-10(2)12(4)21-14(9-18)16(20)19(5)15-11(3)7-6-8-13(15)17/h9-13,15H,6-8H2,1-5H3/b14-9-. The number of alkyl halides is 1. The quantitative estimate of drug-likeness (QED) is 0.327. The summed E-state index contributed by atoms with van der Waals surface area (Å²) < 4.78 is 1.91. The molecule has 0 radical (unpaired) electrons. The Kier molecular flexibility index (Phi) is 8.43. The van der Waals surface area contributed by atoms with Crippen LogP contribution in [0.5, 0.6) is 0 Å². The van der Waals surface area contributed by atoms with E-state index in [1.807, 2.05) is 16.0 Å². The van der Waals surface area contributed by atoms with Crippen molar-refractivity contribution < 1.29 is 4.79 Å². The topological polar surface area (TPSA) is 20.3 Å². The van der Waals surface area contributed by atoms with E-state index in [4.69, 9.17) is 11.6 Å². The van der Waals surface area contributed by atoms with E-state index in [1.165, 1.54) is 6.42 Å². The lowest BCUT2D eigenvalue weighted by molar-refractivity contribution is -0.128. The molecular weight excluding hydrogens is 417 g/mol. The molecule has 0 bridgehead atoms.